The third-order valence-corrected chi connectivity index (χ3v) is 12.5. The fourth-order valence-electron chi connectivity index (χ4n) is 9.56. The number of benzene rings is 11. The van der Waals surface area contributed by atoms with Crippen molar-refractivity contribution in [2.24, 2.45) is 0 Å². The van der Waals surface area contributed by atoms with Crippen LogP contribution in [-0.4, -0.2) is 4.57 Å². The second-order valence-electron chi connectivity index (χ2n) is 16.2. The topological polar surface area (TPSA) is 8.17 Å². The largest absolute Gasteiger partial charge is 0.310 e. The van der Waals surface area contributed by atoms with Crippen LogP contribution in [0.15, 0.2) is 243 Å². The Kier molecular flexibility index (Phi) is 8.53. The van der Waals surface area contributed by atoms with Crippen molar-refractivity contribution in [3.05, 3.63) is 243 Å². The molecule has 0 amide bonds. The van der Waals surface area contributed by atoms with Crippen LogP contribution in [0.2, 0.25) is 0 Å². The van der Waals surface area contributed by atoms with E-state index in [0.717, 1.165) is 17.1 Å². The van der Waals surface area contributed by atoms with Crippen molar-refractivity contribution in [3.63, 3.8) is 0 Å². The second kappa shape index (κ2) is 14.8. The van der Waals surface area contributed by atoms with Crippen molar-refractivity contribution < 1.29 is 0 Å². The van der Waals surface area contributed by atoms with E-state index in [9.17, 15) is 0 Å². The molecule has 2 nitrogen and oxygen atoms in total. The monoisotopic (exact) mass is 788 g/mol. The first-order chi connectivity index (χ1) is 30.7. The fourth-order valence-corrected chi connectivity index (χ4v) is 9.56. The minimum Gasteiger partial charge on any atom is -0.310 e. The van der Waals surface area contributed by atoms with Gasteiger partial charge in [0.05, 0.1) is 11.0 Å². The van der Waals surface area contributed by atoms with Gasteiger partial charge >= 0.3 is 0 Å². The quantitative estimate of drug-likeness (QED) is 0.146. The van der Waals surface area contributed by atoms with E-state index in [4.69, 9.17) is 0 Å². The van der Waals surface area contributed by atoms with Crippen LogP contribution in [0.3, 0.4) is 0 Å². The van der Waals surface area contributed by atoms with E-state index in [0.29, 0.717) is 0 Å². The number of hydrogen-bond acceptors (Lipinski definition) is 1. The Hall–Kier alpha value is -8.20. The average molecular weight is 789 g/mol. The Morgan fingerprint density at radius 2 is 0.839 bits per heavy atom. The summed E-state index contributed by atoms with van der Waals surface area (Å²) in [6, 6.07) is 88.5. The summed E-state index contributed by atoms with van der Waals surface area (Å²) in [6.07, 6.45) is 0. The molecule has 0 aliphatic rings. The highest BCUT2D eigenvalue weighted by Gasteiger charge is 2.17. The molecule has 0 unspecified atom stereocenters. The molecular formula is C60H40N2. The van der Waals surface area contributed by atoms with Crippen molar-refractivity contribution in [1.82, 2.24) is 4.57 Å². The van der Waals surface area contributed by atoms with Gasteiger partial charge in [0, 0.05) is 33.5 Å². The normalized spacial score (nSPS) is 11.5. The number of para-hydroxylation sites is 2. The Balaban J connectivity index is 0.981. The molecule has 0 bridgehead atoms. The molecule has 0 fully saturated rings. The zero-order chi connectivity index (χ0) is 41.0. The van der Waals surface area contributed by atoms with E-state index in [1.807, 2.05) is 0 Å². The highest BCUT2D eigenvalue weighted by molar-refractivity contribution is 6.12. The summed E-state index contributed by atoms with van der Waals surface area (Å²) in [7, 11) is 0. The summed E-state index contributed by atoms with van der Waals surface area (Å²) >= 11 is 0. The zero-order valence-corrected chi connectivity index (χ0v) is 34.0. The molecule has 0 saturated heterocycles. The molecule has 1 aromatic heterocycles. The molecule has 2 heteroatoms. The highest BCUT2D eigenvalue weighted by atomic mass is 15.1. The lowest BCUT2D eigenvalue weighted by Gasteiger charge is -2.27. The van der Waals surface area contributed by atoms with Crippen LogP contribution in [0.1, 0.15) is 0 Å². The molecule has 1 heterocycles. The van der Waals surface area contributed by atoms with E-state index in [1.165, 1.54) is 93.2 Å². The number of hydrogen-bond donors (Lipinski definition) is 0. The average Bonchev–Trinajstić information content (AvgIpc) is 3.68. The summed E-state index contributed by atoms with van der Waals surface area (Å²) in [5.41, 5.74) is 14.0. The molecule has 62 heavy (non-hydrogen) atoms. The van der Waals surface area contributed by atoms with Gasteiger partial charge in [-0.25, -0.2) is 0 Å². The van der Waals surface area contributed by atoms with Gasteiger partial charge in [-0.05, 0) is 138 Å². The third-order valence-electron chi connectivity index (χ3n) is 12.5. The Morgan fingerprint density at radius 1 is 0.258 bits per heavy atom. The van der Waals surface area contributed by atoms with Crippen molar-refractivity contribution in [2.75, 3.05) is 4.90 Å². The van der Waals surface area contributed by atoms with Crippen LogP contribution >= 0.6 is 0 Å². The predicted molar refractivity (Wildman–Crippen MR) is 264 cm³/mol. The van der Waals surface area contributed by atoms with E-state index >= 15 is 0 Å². The van der Waals surface area contributed by atoms with E-state index in [2.05, 4.69) is 252 Å². The molecule has 0 spiro atoms. The number of nitrogens with zero attached hydrogens (tertiary/aromatic N) is 2. The van der Waals surface area contributed by atoms with Gasteiger partial charge in [-0.15, -0.1) is 0 Å². The number of fused-ring (bicyclic) bond motifs is 7. The number of rotatable bonds is 7. The maximum Gasteiger partial charge on any atom is 0.0541 e. The van der Waals surface area contributed by atoms with Crippen molar-refractivity contribution >= 4 is 71.2 Å². The van der Waals surface area contributed by atoms with Crippen molar-refractivity contribution in [2.45, 2.75) is 0 Å². The molecule has 0 aliphatic carbocycles. The van der Waals surface area contributed by atoms with Gasteiger partial charge in [0.15, 0.2) is 0 Å². The van der Waals surface area contributed by atoms with Crippen LogP contribution in [0.25, 0.3) is 93.2 Å². The van der Waals surface area contributed by atoms with Gasteiger partial charge in [0.1, 0.15) is 0 Å². The lowest BCUT2D eigenvalue weighted by atomic mass is 9.94. The molecule has 0 radical (unpaired) electrons. The summed E-state index contributed by atoms with van der Waals surface area (Å²) in [5, 5.41) is 10.0. The molecule has 0 aliphatic heterocycles. The van der Waals surface area contributed by atoms with Crippen LogP contribution < -0.4 is 4.90 Å². The SMILES string of the molecule is c1ccc(-n2c3ccccc3c3cc(-c4ccc(N(c5cccc(-c6ccc7ccccc7c6)c5)c5cccc(-c6cccc7c6ccc6ccccc67)c5)cc4)ccc32)cc1. The molecule has 12 aromatic rings. The van der Waals surface area contributed by atoms with Crippen LogP contribution in [-0.2, 0) is 0 Å². The smallest absolute Gasteiger partial charge is 0.0541 e. The van der Waals surface area contributed by atoms with Gasteiger partial charge in [0.25, 0.3) is 0 Å². The number of aromatic nitrogens is 1. The highest BCUT2D eigenvalue weighted by Crippen LogP contribution is 2.42. The minimum atomic E-state index is 1.09. The number of anilines is 3. The Bertz CT molecular complexity index is 3640. The lowest BCUT2D eigenvalue weighted by molar-refractivity contribution is 1.18. The molecule has 290 valence electrons. The van der Waals surface area contributed by atoms with E-state index < -0.39 is 0 Å². The van der Waals surface area contributed by atoms with Gasteiger partial charge in [-0.2, -0.15) is 0 Å². The molecular weight excluding hydrogens is 749 g/mol. The van der Waals surface area contributed by atoms with Crippen LogP contribution in [0, 0.1) is 0 Å². The van der Waals surface area contributed by atoms with Crippen molar-refractivity contribution in [3.8, 4) is 39.1 Å². The maximum atomic E-state index is 2.40. The molecule has 11 aromatic carbocycles. The van der Waals surface area contributed by atoms with Gasteiger partial charge in [-0.3, -0.25) is 0 Å². The van der Waals surface area contributed by atoms with E-state index in [1.54, 1.807) is 0 Å². The second-order valence-corrected chi connectivity index (χ2v) is 16.2. The standard InChI is InChI=1S/C60H40N2/c1-2-18-49(19-3-1)62-59-26-9-8-23-57(59)58-40-47(32-36-60(58)62)42-29-33-50(34-30-42)61(51-20-10-16-45(38-51)46-28-27-41-13-4-5-15-44(41)37-46)52-21-11-17-48(39-52)54-24-12-25-55-53-22-7-6-14-43(53)31-35-56(54)55/h1-40H. The van der Waals surface area contributed by atoms with E-state index in [-0.39, 0.29) is 0 Å². The molecule has 0 atom stereocenters. The first-order valence-corrected chi connectivity index (χ1v) is 21.3. The summed E-state index contributed by atoms with van der Waals surface area (Å²) in [4.78, 5) is 2.40. The predicted octanol–water partition coefficient (Wildman–Crippen LogP) is 16.7. The summed E-state index contributed by atoms with van der Waals surface area (Å²) < 4.78 is 2.37. The Labute approximate surface area is 360 Å². The Morgan fingerprint density at radius 3 is 1.68 bits per heavy atom. The minimum absolute atomic E-state index is 1.09. The fraction of sp³-hybridized carbons (Fsp3) is 0. The van der Waals surface area contributed by atoms with Crippen LogP contribution in [0.4, 0.5) is 17.1 Å². The summed E-state index contributed by atoms with van der Waals surface area (Å²) in [5.74, 6) is 0. The molecule has 12 rings (SSSR count). The van der Waals surface area contributed by atoms with Gasteiger partial charge in [0.2, 0.25) is 0 Å². The first kappa shape index (κ1) is 35.7. The van der Waals surface area contributed by atoms with Crippen molar-refractivity contribution in [1.29, 1.82) is 0 Å². The lowest BCUT2D eigenvalue weighted by Crippen LogP contribution is -2.10. The van der Waals surface area contributed by atoms with Gasteiger partial charge in [-0.1, -0.05) is 170 Å². The summed E-state index contributed by atoms with van der Waals surface area (Å²) in [6.45, 7) is 0. The van der Waals surface area contributed by atoms with Crippen LogP contribution in [0.5, 0.6) is 0 Å². The maximum absolute atomic E-state index is 2.40. The third kappa shape index (κ3) is 6.12. The molecule has 0 saturated carbocycles. The molecule has 0 N–H and O–H groups in total. The zero-order valence-electron chi connectivity index (χ0n) is 34.0. The first-order valence-electron chi connectivity index (χ1n) is 21.3. The van der Waals surface area contributed by atoms with Gasteiger partial charge < -0.3 is 9.47 Å².